The SMILES string of the molecule is CCCC/C=C/CCCCCCCC(=O)OC[C@H](COP(=O)(O)OCCN)OC(=O)CCCCCCCCCCCCCCC. The summed E-state index contributed by atoms with van der Waals surface area (Å²) in [5.74, 6) is -0.837. The van der Waals surface area contributed by atoms with E-state index in [1.165, 1.54) is 77.0 Å². The van der Waals surface area contributed by atoms with Gasteiger partial charge in [0.15, 0.2) is 6.10 Å². The van der Waals surface area contributed by atoms with Crippen molar-refractivity contribution in [2.24, 2.45) is 5.73 Å². The van der Waals surface area contributed by atoms with Crippen molar-refractivity contribution >= 4 is 19.8 Å². The molecule has 10 heteroatoms. The van der Waals surface area contributed by atoms with Gasteiger partial charge in [0.1, 0.15) is 6.61 Å². The van der Waals surface area contributed by atoms with E-state index in [4.69, 9.17) is 24.3 Å². The standard InChI is InChI=1S/C35H68NO8P/c1-3-5-7-9-11-13-15-16-18-20-22-24-26-28-35(38)44-33(32-43-45(39,40)42-30-29-36)31-41-34(37)27-25-23-21-19-17-14-12-10-8-6-4-2/h10,12,33H,3-9,11,13-32,36H2,1-2H3,(H,39,40)/b12-10+/t33-/m1/s1. The summed E-state index contributed by atoms with van der Waals surface area (Å²) in [6.45, 7) is 3.67. The number of hydrogen-bond acceptors (Lipinski definition) is 8. The van der Waals surface area contributed by atoms with Crippen molar-refractivity contribution in [3.05, 3.63) is 12.2 Å². The summed E-state index contributed by atoms with van der Waals surface area (Å²) in [5, 5.41) is 0. The molecule has 0 fully saturated rings. The van der Waals surface area contributed by atoms with Crippen LogP contribution >= 0.6 is 7.82 Å². The lowest BCUT2D eigenvalue weighted by molar-refractivity contribution is -0.161. The van der Waals surface area contributed by atoms with E-state index in [2.05, 4.69) is 26.0 Å². The number of carbonyl (C=O) groups excluding carboxylic acids is 2. The molecule has 0 bridgehead atoms. The first-order valence-electron chi connectivity index (χ1n) is 18.2. The van der Waals surface area contributed by atoms with Crippen molar-refractivity contribution in [2.75, 3.05) is 26.4 Å². The van der Waals surface area contributed by atoms with Gasteiger partial charge in [0, 0.05) is 19.4 Å². The number of carbonyl (C=O) groups is 2. The average molecular weight is 662 g/mol. The van der Waals surface area contributed by atoms with Gasteiger partial charge in [-0.3, -0.25) is 18.6 Å². The largest absolute Gasteiger partial charge is 0.472 e. The van der Waals surface area contributed by atoms with Gasteiger partial charge < -0.3 is 20.1 Å². The third kappa shape index (κ3) is 32.5. The molecule has 0 saturated carbocycles. The molecule has 0 radical (unpaired) electrons. The van der Waals surface area contributed by atoms with E-state index in [-0.39, 0.29) is 32.6 Å². The van der Waals surface area contributed by atoms with Crippen molar-refractivity contribution < 1.29 is 37.6 Å². The Kier molecular flexibility index (Phi) is 31.8. The lowest BCUT2D eigenvalue weighted by Gasteiger charge is -2.19. The second kappa shape index (κ2) is 32.7. The highest BCUT2D eigenvalue weighted by molar-refractivity contribution is 7.47. The van der Waals surface area contributed by atoms with E-state index < -0.39 is 32.5 Å². The molecule has 0 aliphatic heterocycles. The van der Waals surface area contributed by atoms with Gasteiger partial charge in [-0.1, -0.05) is 135 Å². The molecule has 0 saturated heterocycles. The van der Waals surface area contributed by atoms with Gasteiger partial charge in [-0.15, -0.1) is 0 Å². The molecule has 45 heavy (non-hydrogen) atoms. The molecule has 0 aliphatic rings. The van der Waals surface area contributed by atoms with Crippen LogP contribution < -0.4 is 5.73 Å². The Morgan fingerprint density at radius 1 is 0.644 bits per heavy atom. The van der Waals surface area contributed by atoms with Gasteiger partial charge in [-0.25, -0.2) is 4.57 Å². The van der Waals surface area contributed by atoms with E-state index in [9.17, 15) is 19.0 Å². The summed E-state index contributed by atoms with van der Waals surface area (Å²) in [4.78, 5) is 34.6. The van der Waals surface area contributed by atoms with Crippen LogP contribution in [0.1, 0.15) is 168 Å². The van der Waals surface area contributed by atoms with Gasteiger partial charge in [-0.05, 0) is 32.1 Å². The molecule has 0 spiro atoms. The zero-order chi connectivity index (χ0) is 33.3. The minimum atomic E-state index is -4.36. The number of unbranched alkanes of at least 4 members (excludes halogenated alkanes) is 19. The van der Waals surface area contributed by atoms with Crippen molar-refractivity contribution in [2.45, 2.75) is 174 Å². The third-order valence-electron chi connectivity index (χ3n) is 7.65. The molecule has 0 rings (SSSR count). The first kappa shape index (κ1) is 43.8. The maximum atomic E-state index is 12.5. The van der Waals surface area contributed by atoms with Gasteiger partial charge in [0.25, 0.3) is 0 Å². The molecule has 3 N–H and O–H groups in total. The van der Waals surface area contributed by atoms with Crippen molar-refractivity contribution in [1.29, 1.82) is 0 Å². The van der Waals surface area contributed by atoms with E-state index >= 15 is 0 Å². The molecule has 0 amide bonds. The maximum absolute atomic E-state index is 12.5. The van der Waals surface area contributed by atoms with Gasteiger partial charge in [0.05, 0.1) is 13.2 Å². The van der Waals surface area contributed by atoms with Crippen LogP contribution in [-0.2, 0) is 32.7 Å². The monoisotopic (exact) mass is 661 g/mol. The minimum Gasteiger partial charge on any atom is -0.462 e. The highest BCUT2D eigenvalue weighted by Gasteiger charge is 2.25. The molecule has 266 valence electrons. The summed E-state index contributed by atoms with van der Waals surface area (Å²) in [6, 6.07) is 0. The lowest BCUT2D eigenvalue weighted by atomic mass is 10.0. The Balaban J connectivity index is 4.24. The highest BCUT2D eigenvalue weighted by Crippen LogP contribution is 2.43. The van der Waals surface area contributed by atoms with Crippen molar-refractivity contribution in [3.8, 4) is 0 Å². The number of allylic oxidation sites excluding steroid dienone is 2. The van der Waals surface area contributed by atoms with Gasteiger partial charge >= 0.3 is 19.8 Å². The molecule has 9 nitrogen and oxygen atoms in total. The normalized spacial score (nSPS) is 13.6. The molecule has 2 atom stereocenters. The molecule has 1 unspecified atom stereocenters. The first-order chi connectivity index (χ1) is 21.8. The maximum Gasteiger partial charge on any atom is 0.472 e. The number of esters is 2. The second-order valence-electron chi connectivity index (χ2n) is 12.1. The predicted octanol–water partition coefficient (Wildman–Crippen LogP) is 9.49. The number of ether oxygens (including phenoxy) is 2. The van der Waals surface area contributed by atoms with Crippen molar-refractivity contribution in [1.82, 2.24) is 0 Å². The zero-order valence-corrected chi connectivity index (χ0v) is 29.8. The molecular weight excluding hydrogens is 593 g/mol. The Labute approximate surface area is 275 Å². The fraction of sp³-hybridized carbons (Fsp3) is 0.886. The first-order valence-corrected chi connectivity index (χ1v) is 19.7. The highest BCUT2D eigenvalue weighted by atomic mass is 31.2. The third-order valence-corrected chi connectivity index (χ3v) is 8.64. The summed E-state index contributed by atoms with van der Waals surface area (Å²) in [5.41, 5.74) is 5.32. The Hall–Kier alpha value is -1.25. The Morgan fingerprint density at radius 3 is 1.64 bits per heavy atom. The molecule has 0 aromatic rings. The fourth-order valence-corrected chi connectivity index (χ4v) is 5.67. The lowest BCUT2D eigenvalue weighted by Crippen LogP contribution is -2.29. The van der Waals surface area contributed by atoms with Crippen LogP contribution in [0.4, 0.5) is 0 Å². The number of phosphoric ester groups is 1. The summed E-state index contributed by atoms with van der Waals surface area (Å²) in [7, 11) is -4.36. The van der Waals surface area contributed by atoms with E-state index in [0.717, 1.165) is 57.8 Å². The van der Waals surface area contributed by atoms with E-state index in [1.807, 2.05) is 0 Å². The van der Waals surface area contributed by atoms with Gasteiger partial charge in [0.2, 0.25) is 0 Å². The smallest absolute Gasteiger partial charge is 0.462 e. The molecule has 0 aromatic carbocycles. The summed E-state index contributed by atoms with van der Waals surface area (Å²) in [6.07, 6.45) is 29.5. The van der Waals surface area contributed by atoms with E-state index in [0.29, 0.717) is 6.42 Å². The average Bonchev–Trinajstić information content (AvgIpc) is 3.02. The Bertz CT molecular complexity index is 764. The van der Waals surface area contributed by atoms with Crippen LogP contribution in [0.3, 0.4) is 0 Å². The topological polar surface area (TPSA) is 134 Å². The number of nitrogens with two attached hydrogens (primary N) is 1. The molecule has 0 aliphatic carbocycles. The minimum absolute atomic E-state index is 0.0547. The number of phosphoric acid groups is 1. The number of rotatable bonds is 34. The zero-order valence-electron chi connectivity index (χ0n) is 28.9. The van der Waals surface area contributed by atoms with Crippen LogP contribution in [0.2, 0.25) is 0 Å². The van der Waals surface area contributed by atoms with Crippen molar-refractivity contribution in [3.63, 3.8) is 0 Å². The quantitative estimate of drug-likeness (QED) is 0.0299. The van der Waals surface area contributed by atoms with Crippen LogP contribution in [0, 0.1) is 0 Å². The number of hydrogen-bond donors (Lipinski definition) is 2. The van der Waals surface area contributed by atoms with Gasteiger partial charge in [-0.2, -0.15) is 0 Å². The summed E-state index contributed by atoms with van der Waals surface area (Å²) >= 11 is 0. The fourth-order valence-electron chi connectivity index (χ4n) is 4.91. The molecule has 0 aromatic heterocycles. The second-order valence-corrected chi connectivity index (χ2v) is 13.5. The predicted molar refractivity (Wildman–Crippen MR) is 183 cm³/mol. The summed E-state index contributed by atoms with van der Waals surface area (Å²) < 4.78 is 32.6. The van der Waals surface area contributed by atoms with Crippen LogP contribution in [-0.4, -0.2) is 49.3 Å². The molecule has 0 heterocycles. The van der Waals surface area contributed by atoms with Crippen LogP contribution in [0.15, 0.2) is 12.2 Å². The van der Waals surface area contributed by atoms with Crippen LogP contribution in [0.5, 0.6) is 0 Å². The van der Waals surface area contributed by atoms with Crippen LogP contribution in [0.25, 0.3) is 0 Å². The Morgan fingerprint density at radius 2 is 1.11 bits per heavy atom. The van der Waals surface area contributed by atoms with E-state index in [1.54, 1.807) is 0 Å². The molecular formula is C35H68NO8P.